The van der Waals surface area contributed by atoms with Crippen molar-refractivity contribution in [2.24, 2.45) is 0 Å². The Morgan fingerprint density at radius 1 is 0.288 bits per heavy atom. The third kappa shape index (κ3) is 58.8. The van der Waals surface area contributed by atoms with Gasteiger partial charge in [0.15, 0.2) is 6.10 Å². The molecule has 0 aliphatic carbocycles. The Morgan fingerprint density at radius 2 is 0.534 bits per heavy atom. The van der Waals surface area contributed by atoms with Gasteiger partial charge in [0, 0.05) is 19.3 Å². The predicted octanol–water partition coefficient (Wildman–Crippen LogP) is 20.7. The van der Waals surface area contributed by atoms with Gasteiger partial charge in [0.05, 0.1) is 0 Å². The lowest BCUT2D eigenvalue weighted by atomic mass is 10.1. The van der Waals surface area contributed by atoms with E-state index < -0.39 is 6.10 Å². The molecular weight excluding hydrogens is 901 g/mol. The Labute approximate surface area is 450 Å². The maximum atomic E-state index is 12.9. The topological polar surface area (TPSA) is 78.9 Å². The minimum absolute atomic E-state index is 0.0930. The summed E-state index contributed by atoms with van der Waals surface area (Å²) in [5.74, 6) is -0.923. The summed E-state index contributed by atoms with van der Waals surface area (Å²) in [7, 11) is 0. The number of esters is 3. The van der Waals surface area contributed by atoms with Crippen molar-refractivity contribution in [3.63, 3.8) is 0 Å². The van der Waals surface area contributed by atoms with Crippen molar-refractivity contribution in [1.29, 1.82) is 0 Å². The van der Waals surface area contributed by atoms with Crippen LogP contribution < -0.4 is 0 Å². The highest BCUT2D eigenvalue weighted by Crippen LogP contribution is 2.15. The Bertz CT molecular complexity index is 1490. The van der Waals surface area contributed by atoms with Gasteiger partial charge in [-0.1, -0.05) is 246 Å². The van der Waals surface area contributed by atoms with Crippen molar-refractivity contribution in [2.75, 3.05) is 13.2 Å². The first-order valence-electron chi connectivity index (χ1n) is 30.4. The number of hydrogen-bond donors (Lipinski definition) is 0. The lowest BCUT2D eigenvalue weighted by Gasteiger charge is -2.18. The first-order valence-corrected chi connectivity index (χ1v) is 30.4. The average molecular weight is 1010 g/mol. The summed E-state index contributed by atoms with van der Waals surface area (Å²) in [6, 6.07) is 0. The standard InChI is InChI=1S/C67H112O6/c1-4-7-10-13-16-19-22-25-28-30-31-32-33-34-35-37-39-42-45-48-51-54-57-60-66(69)72-63-64(62-71-65(68)59-56-53-50-47-44-41-38-27-24-21-18-15-12-9-6-3)73-67(70)61-58-55-52-49-46-43-40-36-29-26-23-20-17-14-11-8-5-2/h8-9,11-12,17-18,20-22,25-27,29-31,33-34,38,64H,4-7,10,13-16,19,23-24,28,32,35-37,39-63H2,1-3H3/b11-8-,12-9-,20-17-,21-18-,25-22-,29-26-,31-30-,34-33-,38-27-. The molecule has 0 saturated heterocycles. The van der Waals surface area contributed by atoms with Crippen LogP contribution in [0.25, 0.3) is 0 Å². The predicted molar refractivity (Wildman–Crippen MR) is 316 cm³/mol. The maximum absolute atomic E-state index is 12.9. The summed E-state index contributed by atoms with van der Waals surface area (Å²) in [6.45, 7) is 6.39. The summed E-state index contributed by atoms with van der Waals surface area (Å²) in [5.41, 5.74) is 0. The maximum Gasteiger partial charge on any atom is 0.306 e. The van der Waals surface area contributed by atoms with E-state index in [1.807, 2.05) is 0 Å². The molecule has 0 heterocycles. The molecule has 0 aliphatic rings. The molecule has 0 saturated carbocycles. The summed E-state index contributed by atoms with van der Waals surface area (Å²) >= 11 is 0. The zero-order chi connectivity index (χ0) is 52.9. The number of carbonyl (C=O) groups excluding carboxylic acids is 3. The number of ether oxygens (including phenoxy) is 3. The Morgan fingerprint density at radius 3 is 0.836 bits per heavy atom. The first-order chi connectivity index (χ1) is 36.0. The smallest absolute Gasteiger partial charge is 0.306 e. The molecular formula is C67H112O6. The molecule has 73 heavy (non-hydrogen) atoms. The molecule has 0 aromatic carbocycles. The van der Waals surface area contributed by atoms with Crippen molar-refractivity contribution in [1.82, 2.24) is 0 Å². The van der Waals surface area contributed by atoms with Gasteiger partial charge in [0.25, 0.3) is 0 Å². The zero-order valence-corrected chi connectivity index (χ0v) is 47.6. The van der Waals surface area contributed by atoms with Gasteiger partial charge in [-0.05, 0) is 122 Å². The van der Waals surface area contributed by atoms with Crippen LogP contribution in [-0.2, 0) is 28.6 Å². The number of hydrogen-bond acceptors (Lipinski definition) is 6. The Kier molecular flexibility index (Phi) is 57.4. The van der Waals surface area contributed by atoms with E-state index in [0.29, 0.717) is 19.3 Å². The molecule has 0 fully saturated rings. The van der Waals surface area contributed by atoms with Crippen molar-refractivity contribution in [3.05, 3.63) is 109 Å². The van der Waals surface area contributed by atoms with E-state index in [-0.39, 0.29) is 31.1 Å². The van der Waals surface area contributed by atoms with E-state index in [1.54, 1.807) is 0 Å². The lowest BCUT2D eigenvalue weighted by Crippen LogP contribution is -2.30. The molecule has 1 atom stereocenters. The molecule has 0 aromatic heterocycles. The Hall–Kier alpha value is -3.93. The molecule has 0 aromatic rings. The lowest BCUT2D eigenvalue weighted by molar-refractivity contribution is -0.167. The SMILES string of the molecule is CC/C=C\C/C=C\C/C=C\CCCCCCCCCC(=O)OC(COC(=O)CCCCCCC/C=C\C/C=C\C/C=C\CC)COC(=O)CCCCCCCCCC/C=C\C/C=C\C/C=C\CCCCCCC. The van der Waals surface area contributed by atoms with Gasteiger partial charge in [-0.3, -0.25) is 14.4 Å². The van der Waals surface area contributed by atoms with E-state index in [0.717, 1.165) is 141 Å². The monoisotopic (exact) mass is 1010 g/mol. The van der Waals surface area contributed by atoms with Gasteiger partial charge >= 0.3 is 17.9 Å². The number of allylic oxidation sites excluding steroid dienone is 18. The minimum Gasteiger partial charge on any atom is -0.462 e. The van der Waals surface area contributed by atoms with E-state index in [2.05, 4.69) is 130 Å². The largest absolute Gasteiger partial charge is 0.462 e. The van der Waals surface area contributed by atoms with Crippen LogP contribution in [0.5, 0.6) is 0 Å². The first kappa shape index (κ1) is 69.1. The van der Waals surface area contributed by atoms with E-state index in [4.69, 9.17) is 14.2 Å². The van der Waals surface area contributed by atoms with Gasteiger partial charge in [0.1, 0.15) is 13.2 Å². The van der Waals surface area contributed by atoms with Crippen LogP contribution in [0.15, 0.2) is 109 Å². The summed E-state index contributed by atoms with van der Waals surface area (Å²) in [5, 5.41) is 0. The van der Waals surface area contributed by atoms with Gasteiger partial charge in [-0.25, -0.2) is 0 Å². The van der Waals surface area contributed by atoms with Crippen LogP contribution in [0.1, 0.15) is 278 Å². The van der Waals surface area contributed by atoms with Crippen molar-refractivity contribution < 1.29 is 28.6 Å². The number of carbonyl (C=O) groups is 3. The van der Waals surface area contributed by atoms with Gasteiger partial charge < -0.3 is 14.2 Å². The molecule has 6 heteroatoms. The van der Waals surface area contributed by atoms with E-state index in [9.17, 15) is 14.4 Å². The minimum atomic E-state index is -0.797. The molecule has 416 valence electrons. The Balaban J connectivity index is 4.41. The van der Waals surface area contributed by atoms with Crippen molar-refractivity contribution in [2.45, 2.75) is 284 Å². The number of rotatable bonds is 54. The fourth-order valence-corrected chi connectivity index (χ4v) is 8.24. The summed E-state index contributed by atoms with van der Waals surface area (Å²) < 4.78 is 16.9. The second kappa shape index (κ2) is 60.6. The summed E-state index contributed by atoms with van der Waals surface area (Å²) in [4.78, 5) is 38.3. The van der Waals surface area contributed by atoms with Crippen LogP contribution in [0, 0.1) is 0 Å². The molecule has 0 N–H and O–H groups in total. The van der Waals surface area contributed by atoms with Crippen LogP contribution in [0.4, 0.5) is 0 Å². The van der Waals surface area contributed by atoms with Crippen molar-refractivity contribution in [3.8, 4) is 0 Å². The average Bonchev–Trinajstić information content (AvgIpc) is 3.39. The molecule has 0 rings (SSSR count). The molecule has 1 unspecified atom stereocenters. The van der Waals surface area contributed by atoms with E-state index in [1.165, 1.54) is 96.3 Å². The zero-order valence-electron chi connectivity index (χ0n) is 47.6. The van der Waals surface area contributed by atoms with Crippen LogP contribution in [-0.4, -0.2) is 37.2 Å². The highest BCUT2D eigenvalue weighted by molar-refractivity contribution is 5.71. The third-order valence-corrected chi connectivity index (χ3v) is 12.7. The molecule has 0 amide bonds. The molecule has 0 spiro atoms. The normalized spacial score (nSPS) is 12.9. The van der Waals surface area contributed by atoms with E-state index >= 15 is 0 Å². The fraction of sp³-hybridized carbons (Fsp3) is 0.687. The molecule has 0 radical (unpaired) electrons. The highest BCUT2D eigenvalue weighted by Gasteiger charge is 2.19. The van der Waals surface area contributed by atoms with Gasteiger partial charge in [-0.15, -0.1) is 0 Å². The fourth-order valence-electron chi connectivity index (χ4n) is 8.24. The van der Waals surface area contributed by atoms with Gasteiger partial charge in [-0.2, -0.15) is 0 Å². The number of unbranched alkanes of at least 4 members (excludes halogenated alkanes) is 25. The van der Waals surface area contributed by atoms with Crippen molar-refractivity contribution >= 4 is 17.9 Å². The van der Waals surface area contributed by atoms with Crippen LogP contribution >= 0.6 is 0 Å². The summed E-state index contributed by atoms with van der Waals surface area (Å²) in [6.07, 6.45) is 82.2. The highest BCUT2D eigenvalue weighted by atomic mass is 16.6. The van der Waals surface area contributed by atoms with Crippen LogP contribution in [0.2, 0.25) is 0 Å². The second-order valence-electron chi connectivity index (χ2n) is 19.8. The molecule has 0 bridgehead atoms. The quantitative estimate of drug-likeness (QED) is 0.0261. The third-order valence-electron chi connectivity index (χ3n) is 12.7. The molecule has 0 aliphatic heterocycles. The molecule has 6 nitrogen and oxygen atoms in total. The van der Waals surface area contributed by atoms with Crippen LogP contribution in [0.3, 0.4) is 0 Å². The van der Waals surface area contributed by atoms with Gasteiger partial charge in [0.2, 0.25) is 0 Å². The second-order valence-corrected chi connectivity index (χ2v) is 19.8.